The van der Waals surface area contributed by atoms with Gasteiger partial charge >= 0.3 is 0 Å². The minimum atomic E-state index is -0.210. The average molecular weight is 462 g/mol. The van der Waals surface area contributed by atoms with Crippen molar-refractivity contribution < 1.29 is 9.18 Å². The van der Waals surface area contributed by atoms with E-state index in [0.29, 0.717) is 30.0 Å². The maximum atomic E-state index is 12.9. The van der Waals surface area contributed by atoms with Gasteiger partial charge in [0.1, 0.15) is 5.82 Å². The third-order valence-corrected chi connectivity index (χ3v) is 7.10. The molecule has 4 fully saturated rings. The van der Waals surface area contributed by atoms with E-state index in [0.717, 1.165) is 50.0 Å². The van der Waals surface area contributed by atoms with Gasteiger partial charge in [0.15, 0.2) is 0 Å². The molecule has 1 aromatic rings. The molecular formula is C26H44FN5O. The molecule has 2 atom stereocenters. The van der Waals surface area contributed by atoms with Gasteiger partial charge in [0.05, 0.1) is 12.4 Å². The monoisotopic (exact) mass is 461 g/mol. The number of terminal acetylenes is 1. The number of aromatic amines is 1. The van der Waals surface area contributed by atoms with Crippen molar-refractivity contribution in [2.45, 2.75) is 91.6 Å². The number of halogens is 1. The Morgan fingerprint density at radius 1 is 1.33 bits per heavy atom. The van der Waals surface area contributed by atoms with Crippen LogP contribution in [0.4, 0.5) is 4.39 Å². The standard InChI is InChI=1S/C13H22FN3.C9H14N2O.C2H6.C2H2/c1-9-16-7-11(17-9)12(15)10-3-5-13(2,8-14)6-4-10;1-5(10)2-8-6-3-7(4-6)11-9(8)12;2*1-2/h7,10,12H,3-6,8,15H2,1-2H3,(H,16,17);6-8,10H,2-4H2,1H3,(H,11,12);1-2H3;1-2H. The van der Waals surface area contributed by atoms with Crippen LogP contribution in [0, 0.1) is 48.3 Å². The number of hydrogen-bond donors (Lipinski definition) is 4. The molecule has 2 saturated heterocycles. The molecule has 0 aromatic carbocycles. The lowest BCUT2D eigenvalue weighted by molar-refractivity contribution is -0.135. The fraction of sp³-hybridized carbons (Fsp3) is 0.731. The van der Waals surface area contributed by atoms with E-state index < -0.39 is 0 Å². The highest BCUT2D eigenvalue weighted by Gasteiger charge is 2.44. The van der Waals surface area contributed by atoms with E-state index in [2.05, 4.69) is 28.1 Å². The largest absolute Gasteiger partial charge is 0.353 e. The second-order valence-electron chi connectivity index (χ2n) is 9.76. The Bertz CT molecular complexity index is 760. The zero-order valence-electron chi connectivity index (χ0n) is 21.1. The van der Waals surface area contributed by atoms with Crippen molar-refractivity contribution in [2.24, 2.45) is 28.9 Å². The molecule has 5 N–H and O–H groups in total. The number of H-pyrrole nitrogens is 1. The summed E-state index contributed by atoms with van der Waals surface area (Å²) in [7, 11) is 0. The second kappa shape index (κ2) is 13.5. The molecule has 2 aliphatic heterocycles. The molecule has 6 nitrogen and oxygen atoms in total. The van der Waals surface area contributed by atoms with Gasteiger partial charge in [-0.2, -0.15) is 0 Å². The number of aryl methyl sites for hydroxylation is 1. The molecule has 1 amide bonds. The van der Waals surface area contributed by atoms with Crippen molar-refractivity contribution in [3.8, 4) is 12.8 Å². The van der Waals surface area contributed by atoms with Gasteiger partial charge in [-0.05, 0) is 76.0 Å². The lowest BCUT2D eigenvalue weighted by Crippen LogP contribution is -2.57. The molecule has 7 heteroatoms. The molecule has 2 unspecified atom stereocenters. The number of nitrogens with two attached hydrogens (primary N) is 1. The number of aromatic nitrogens is 2. The molecule has 33 heavy (non-hydrogen) atoms. The molecule has 2 aliphatic carbocycles. The highest BCUT2D eigenvalue weighted by Crippen LogP contribution is 2.42. The highest BCUT2D eigenvalue weighted by atomic mass is 19.1. The van der Waals surface area contributed by atoms with E-state index in [9.17, 15) is 9.18 Å². The number of alkyl halides is 1. The van der Waals surface area contributed by atoms with E-state index >= 15 is 0 Å². The summed E-state index contributed by atoms with van der Waals surface area (Å²) in [6.07, 6.45) is 16.7. The Hall–Kier alpha value is -2.20. The van der Waals surface area contributed by atoms with Gasteiger partial charge in [0, 0.05) is 29.9 Å². The Kier molecular flexibility index (Phi) is 11.8. The van der Waals surface area contributed by atoms with E-state index in [1.165, 1.54) is 0 Å². The van der Waals surface area contributed by atoms with Gasteiger partial charge in [0.2, 0.25) is 5.91 Å². The number of fused-ring (bicyclic) bond motifs is 2. The summed E-state index contributed by atoms with van der Waals surface area (Å²) >= 11 is 0. The molecule has 4 aliphatic rings. The van der Waals surface area contributed by atoms with Gasteiger partial charge in [-0.1, -0.05) is 20.8 Å². The van der Waals surface area contributed by atoms with Gasteiger partial charge < -0.3 is 21.4 Å². The molecule has 186 valence electrons. The van der Waals surface area contributed by atoms with Crippen molar-refractivity contribution in [2.75, 3.05) is 6.67 Å². The predicted octanol–water partition coefficient (Wildman–Crippen LogP) is 5.10. The van der Waals surface area contributed by atoms with E-state index in [-0.39, 0.29) is 30.0 Å². The molecule has 1 aromatic heterocycles. The summed E-state index contributed by atoms with van der Waals surface area (Å²) < 4.78 is 12.9. The first-order chi connectivity index (χ1) is 15.7. The Labute approximate surface area is 199 Å². The summed E-state index contributed by atoms with van der Waals surface area (Å²) in [5, 5.41) is 10.3. The normalized spacial score (nSPS) is 30.4. The van der Waals surface area contributed by atoms with E-state index in [1.807, 2.05) is 33.9 Å². The van der Waals surface area contributed by atoms with Crippen molar-refractivity contribution in [1.29, 1.82) is 5.41 Å². The zero-order valence-corrected chi connectivity index (χ0v) is 21.1. The molecule has 2 saturated carbocycles. The number of nitrogens with zero attached hydrogens (tertiary/aromatic N) is 1. The van der Waals surface area contributed by atoms with Crippen LogP contribution < -0.4 is 11.1 Å². The predicted molar refractivity (Wildman–Crippen MR) is 134 cm³/mol. The second-order valence-corrected chi connectivity index (χ2v) is 9.76. The lowest BCUT2D eigenvalue weighted by atomic mass is 9.67. The minimum absolute atomic E-state index is 0.0142. The van der Waals surface area contributed by atoms with E-state index in [4.69, 9.17) is 11.1 Å². The average Bonchev–Trinajstić information content (AvgIpc) is 3.23. The zero-order chi connectivity index (χ0) is 25.2. The van der Waals surface area contributed by atoms with Gasteiger partial charge in [0.25, 0.3) is 0 Å². The van der Waals surface area contributed by atoms with Crippen LogP contribution >= 0.6 is 0 Å². The number of carbonyl (C=O) groups is 1. The molecule has 0 spiro atoms. The fourth-order valence-corrected chi connectivity index (χ4v) is 4.91. The molecule has 3 heterocycles. The van der Waals surface area contributed by atoms with Crippen LogP contribution in [-0.4, -0.2) is 34.3 Å². The van der Waals surface area contributed by atoms with Crippen LogP contribution in [0.1, 0.15) is 90.2 Å². The highest BCUT2D eigenvalue weighted by molar-refractivity contribution is 5.88. The maximum Gasteiger partial charge on any atom is 0.223 e. The SMILES string of the molecule is C#C.CC.CC(=N)CC1C(=O)NC2CC1C2.Cc1ncc(C(N)C2CCC(C)(CF)CC2)[nH]1. The van der Waals surface area contributed by atoms with Crippen molar-refractivity contribution in [1.82, 2.24) is 15.3 Å². The van der Waals surface area contributed by atoms with Gasteiger partial charge in [-0.25, -0.2) is 4.98 Å². The third kappa shape index (κ3) is 7.96. The molecule has 5 rings (SSSR count). The van der Waals surface area contributed by atoms with Crippen molar-refractivity contribution >= 4 is 11.6 Å². The Morgan fingerprint density at radius 2 is 1.91 bits per heavy atom. The number of amides is 1. The summed E-state index contributed by atoms with van der Waals surface area (Å²) in [6.45, 7) is 9.53. The van der Waals surface area contributed by atoms with Gasteiger partial charge in [-0.3, -0.25) is 9.18 Å². The quantitative estimate of drug-likeness (QED) is 0.362. The van der Waals surface area contributed by atoms with Crippen LogP contribution in [0.15, 0.2) is 6.20 Å². The number of carbonyl (C=O) groups excluding carboxylic acids is 1. The first-order valence-electron chi connectivity index (χ1n) is 12.2. The Morgan fingerprint density at radius 3 is 2.33 bits per heavy atom. The Balaban J connectivity index is 0.000000298. The minimum Gasteiger partial charge on any atom is -0.353 e. The first kappa shape index (κ1) is 28.8. The van der Waals surface area contributed by atoms with Crippen molar-refractivity contribution in [3.05, 3.63) is 17.7 Å². The molecule has 0 radical (unpaired) electrons. The van der Waals surface area contributed by atoms with Crippen LogP contribution in [0.25, 0.3) is 0 Å². The number of hydrogen-bond acceptors (Lipinski definition) is 4. The van der Waals surface area contributed by atoms with Gasteiger partial charge in [-0.15, -0.1) is 12.8 Å². The first-order valence-corrected chi connectivity index (χ1v) is 12.2. The maximum absolute atomic E-state index is 12.9. The van der Waals surface area contributed by atoms with Crippen LogP contribution in [-0.2, 0) is 4.79 Å². The lowest BCUT2D eigenvalue weighted by Gasteiger charge is -2.46. The smallest absolute Gasteiger partial charge is 0.223 e. The summed E-state index contributed by atoms with van der Waals surface area (Å²) in [6, 6.07) is 0.477. The number of imidazole rings is 1. The van der Waals surface area contributed by atoms with Crippen LogP contribution in [0.3, 0.4) is 0 Å². The third-order valence-electron chi connectivity index (χ3n) is 7.10. The van der Waals surface area contributed by atoms with E-state index in [1.54, 1.807) is 6.92 Å². The van der Waals surface area contributed by atoms with Crippen molar-refractivity contribution in [3.63, 3.8) is 0 Å². The summed E-state index contributed by atoms with van der Waals surface area (Å²) in [4.78, 5) is 18.7. The topological polar surface area (TPSA) is 108 Å². The van der Waals surface area contributed by atoms with Crippen LogP contribution in [0.5, 0.6) is 0 Å². The molecular weight excluding hydrogens is 417 g/mol. The summed E-state index contributed by atoms with van der Waals surface area (Å²) in [5.41, 5.74) is 7.77. The van der Waals surface area contributed by atoms with Crippen LogP contribution in [0.2, 0.25) is 0 Å². The number of piperidine rings is 2. The fourth-order valence-electron chi connectivity index (χ4n) is 4.91. The number of nitrogens with one attached hydrogen (secondary N) is 3. The number of rotatable bonds is 5. The summed E-state index contributed by atoms with van der Waals surface area (Å²) in [5.74, 6) is 2.21. The molecule has 2 bridgehead atoms.